The monoisotopic (exact) mass is 308 g/mol. The van der Waals surface area contributed by atoms with Gasteiger partial charge in [0.2, 0.25) is 0 Å². The number of phenols is 1. The van der Waals surface area contributed by atoms with Crippen LogP contribution in [0.5, 0.6) is 5.75 Å². The van der Waals surface area contributed by atoms with Crippen LogP contribution in [0.25, 0.3) is 0 Å². The summed E-state index contributed by atoms with van der Waals surface area (Å²) in [6.07, 6.45) is -0.312. The number of carbonyl (C=O) groups excluding carboxylic acids is 1. The number of nitrogens with one attached hydrogen (secondary N) is 1. The Balaban J connectivity index is 2.62. The summed E-state index contributed by atoms with van der Waals surface area (Å²) in [7, 11) is 0. The molecule has 0 unspecified atom stereocenters. The van der Waals surface area contributed by atoms with Crippen LogP contribution in [-0.2, 0) is 4.74 Å². The Labute approximate surface area is 133 Å². The highest BCUT2D eigenvalue weighted by atomic mass is 16.6. The van der Waals surface area contributed by atoms with Crippen molar-refractivity contribution in [3.8, 4) is 5.75 Å². The molecule has 5 heteroatoms. The molecule has 1 rings (SSSR count). The third-order valence-electron chi connectivity index (χ3n) is 2.96. The van der Waals surface area contributed by atoms with Gasteiger partial charge in [-0.3, -0.25) is 0 Å². The molecule has 1 aromatic rings. The molecule has 0 bridgehead atoms. The molecule has 0 aromatic heterocycles. The van der Waals surface area contributed by atoms with Gasteiger partial charge in [0.15, 0.2) is 0 Å². The van der Waals surface area contributed by atoms with Crippen molar-refractivity contribution in [1.29, 1.82) is 0 Å². The predicted octanol–water partition coefficient (Wildman–Crippen LogP) is 3.84. The fraction of sp³-hybridized carbons (Fsp3) is 0.588. The van der Waals surface area contributed by atoms with Crippen molar-refractivity contribution in [3.05, 3.63) is 24.3 Å². The lowest BCUT2D eigenvalue weighted by Crippen LogP contribution is -2.49. The van der Waals surface area contributed by atoms with Gasteiger partial charge in [-0.05, 0) is 65.8 Å². The van der Waals surface area contributed by atoms with E-state index >= 15 is 0 Å². The van der Waals surface area contributed by atoms with Crippen molar-refractivity contribution in [2.75, 3.05) is 18.4 Å². The zero-order valence-corrected chi connectivity index (χ0v) is 14.4. The second kappa shape index (κ2) is 6.90. The van der Waals surface area contributed by atoms with Crippen molar-refractivity contribution in [1.82, 2.24) is 4.90 Å². The minimum Gasteiger partial charge on any atom is -0.508 e. The van der Waals surface area contributed by atoms with E-state index in [0.717, 1.165) is 5.69 Å². The summed E-state index contributed by atoms with van der Waals surface area (Å²) in [5.74, 6) is 0.232. The van der Waals surface area contributed by atoms with Gasteiger partial charge in [-0.2, -0.15) is 0 Å². The van der Waals surface area contributed by atoms with Crippen LogP contribution in [0.3, 0.4) is 0 Å². The number of amides is 1. The number of benzene rings is 1. The van der Waals surface area contributed by atoms with Crippen LogP contribution in [0, 0.1) is 0 Å². The van der Waals surface area contributed by atoms with Gasteiger partial charge in [0.25, 0.3) is 0 Å². The topological polar surface area (TPSA) is 61.8 Å². The van der Waals surface area contributed by atoms with E-state index in [1.165, 1.54) is 0 Å². The molecule has 0 spiro atoms. The lowest BCUT2D eigenvalue weighted by molar-refractivity contribution is 0.00749. The Hall–Kier alpha value is -1.91. The molecule has 0 radical (unpaired) electrons. The first-order chi connectivity index (χ1) is 9.99. The number of phenolic OH excluding ortho intramolecular Hbond substituents is 1. The number of nitrogens with zero attached hydrogens (tertiary/aromatic N) is 1. The molecule has 1 aromatic carbocycles. The Morgan fingerprint density at radius 1 is 1.14 bits per heavy atom. The second-order valence-electron chi connectivity index (χ2n) is 7.28. The maximum Gasteiger partial charge on any atom is 0.410 e. The molecule has 5 nitrogen and oxygen atoms in total. The largest absolute Gasteiger partial charge is 0.508 e. The first-order valence-corrected chi connectivity index (χ1v) is 7.52. The van der Waals surface area contributed by atoms with Crippen LogP contribution >= 0.6 is 0 Å². The summed E-state index contributed by atoms with van der Waals surface area (Å²) in [6.45, 7) is 12.7. The summed E-state index contributed by atoms with van der Waals surface area (Å²) >= 11 is 0. The number of aromatic hydroxyl groups is 1. The fourth-order valence-electron chi connectivity index (χ4n) is 1.91. The van der Waals surface area contributed by atoms with Gasteiger partial charge in [-0.25, -0.2) is 4.79 Å². The number of hydrogen-bond donors (Lipinski definition) is 2. The lowest BCUT2D eigenvalue weighted by Gasteiger charge is -2.37. The van der Waals surface area contributed by atoms with Gasteiger partial charge in [-0.1, -0.05) is 0 Å². The molecule has 124 valence electrons. The fourth-order valence-corrected chi connectivity index (χ4v) is 1.91. The minimum atomic E-state index is -0.509. The van der Waals surface area contributed by atoms with Crippen LogP contribution in [0.1, 0.15) is 41.5 Å². The van der Waals surface area contributed by atoms with Gasteiger partial charge >= 0.3 is 6.09 Å². The first-order valence-electron chi connectivity index (χ1n) is 7.52. The van der Waals surface area contributed by atoms with Crippen LogP contribution < -0.4 is 5.32 Å². The average Bonchev–Trinajstić information content (AvgIpc) is 2.32. The van der Waals surface area contributed by atoms with Crippen LogP contribution in [0.2, 0.25) is 0 Å². The molecule has 0 fully saturated rings. The summed E-state index contributed by atoms with van der Waals surface area (Å²) in [5, 5.41) is 12.5. The van der Waals surface area contributed by atoms with E-state index in [0.29, 0.717) is 13.1 Å². The Bertz CT molecular complexity index is 484. The molecule has 0 atom stereocenters. The normalized spacial score (nSPS) is 11.9. The summed E-state index contributed by atoms with van der Waals surface area (Å²) < 4.78 is 5.47. The number of carbonyl (C=O) groups is 1. The van der Waals surface area contributed by atoms with Crippen molar-refractivity contribution in [3.63, 3.8) is 0 Å². The smallest absolute Gasteiger partial charge is 0.410 e. The molecule has 0 aliphatic heterocycles. The molecule has 1 amide bonds. The SMILES string of the molecule is CC(C)(C)OC(=O)N(CCNc1ccc(O)cc1)C(C)(C)C. The highest BCUT2D eigenvalue weighted by Gasteiger charge is 2.30. The predicted molar refractivity (Wildman–Crippen MR) is 89.3 cm³/mol. The number of hydrogen-bond acceptors (Lipinski definition) is 4. The van der Waals surface area contributed by atoms with E-state index in [-0.39, 0.29) is 17.4 Å². The molecule has 0 aliphatic rings. The van der Waals surface area contributed by atoms with E-state index in [1.54, 1.807) is 29.2 Å². The third kappa shape index (κ3) is 6.24. The zero-order valence-electron chi connectivity index (χ0n) is 14.4. The molecule has 0 heterocycles. The molecular formula is C17H28N2O3. The standard InChI is InChI=1S/C17H28N2O3/c1-16(2,3)19(15(21)22-17(4,5)6)12-11-18-13-7-9-14(20)10-8-13/h7-10,18,20H,11-12H2,1-6H3. The Morgan fingerprint density at radius 2 is 1.68 bits per heavy atom. The first kappa shape index (κ1) is 18.1. The van der Waals surface area contributed by atoms with Gasteiger partial charge in [0.05, 0.1) is 0 Å². The molecule has 0 saturated heterocycles. The lowest BCUT2D eigenvalue weighted by atomic mass is 10.1. The van der Waals surface area contributed by atoms with Crippen LogP contribution in [0.4, 0.5) is 10.5 Å². The second-order valence-corrected chi connectivity index (χ2v) is 7.28. The Kier molecular flexibility index (Phi) is 5.69. The van der Waals surface area contributed by atoms with Crippen LogP contribution in [-0.4, -0.2) is 40.3 Å². The average molecular weight is 308 g/mol. The third-order valence-corrected chi connectivity index (χ3v) is 2.96. The molecule has 0 saturated carbocycles. The molecule has 22 heavy (non-hydrogen) atoms. The Morgan fingerprint density at radius 3 is 2.14 bits per heavy atom. The van der Waals surface area contributed by atoms with Gasteiger partial charge in [-0.15, -0.1) is 0 Å². The van der Waals surface area contributed by atoms with E-state index in [1.807, 2.05) is 41.5 Å². The maximum atomic E-state index is 12.3. The van der Waals surface area contributed by atoms with Crippen molar-refractivity contribution in [2.45, 2.75) is 52.7 Å². The van der Waals surface area contributed by atoms with E-state index in [9.17, 15) is 9.90 Å². The van der Waals surface area contributed by atoms with Gasteiger partial charge < -0.3 is 20.1 Å². The van der Waals surface area contributed by atoms with Crippen molar-refractivity contribution >= 4 is 11.8 Å². The maximum absolute atomic E-state index is 12.3. The van der Waals surface area contributed by atoms with Gasteiger partial charge in [0.1, 0.15) is 11.4 Å². The van der Waals surface area contributed by atoms with Crippen molar-refractivity contribution < 1.29 is 14.6 Å². The summed E-state index contributed by atoms with van der Waals surface area (Å²) in [6, 6.07) is 6.84. The summed E-state index contributed by atoms with van der Waals surface area (Å²) in [4.78, 5) is 14.0. The van der Waals surface area contributed by atoms with E-state index < -0.39 is 5.60 Å². The minimum absolute atomic E-state index is 0.232. The number of rotatable bonds is 4. The van der Waals surface area contributed by atoms with Crippen LogP contribution in [0.15, 0.2) is 24.3 Å². The zero-order chi connectivity index (χ0) is 17.0. The molecular weight excluding hydrogens is 280 g/mol. The van der Waals surface area contributed by atoms with E-state index in [4.69, 9.17) is 4.74 Å². The molecule has 0 aliphatic carbocycles. The number of ether oxygens (including phenoxy) is 1. The quantitative estimate of drug-likeness (QED) is 0.830. The van der Waals surface area contributed by atoms with E-state index in [2.05, 4.69) is 5.32 Å². The summed E-state index contributed by atoms with van der Waals surface area (Å²) in [5.41, 5.74) is 0.0695. The number of anilines is 1. The van der Waals surface area contributed by atoms with Crippen molar-refractivity contribution in [2.24, 2.45) is 0 Å². The highest BCUT2D eigenvalue weighted by molar-refractivity contribution is 5.69. The highest BCUT2D eigenvalue weighted by Crippen LogP contribution is 2.19. The molecule has 2 N–H and O–H groups in total. The van der Waals surface area contributed by atoms with Gasteiger partial charge in [0, 0.05) is 24.3 Å².